The molecule has 0 radical (unpaired) electrons. The van der Waals surface area contributed by atoms with E-state index in [9.17, 15) is 4.79 Å². The third kappa shape index (κ3) is 4.59. The van der Waals surface area contributed by atoms with E-state index in [1.807, 2.05) is 23.1 Å². The van der Waals surface area contributed by atoms with Crippen molar-refractivity contribution in [1.82, 2.24) is 9.80 Å². The summed E-state index contributed by atoms with van der Waals surface area (Å²) in [6, 6.07) is 8.21. The molecule has 1 aromatic rings. The minimum atomic E-state index is 0.172. The lowest BCUT2D eigenvalue weighted by Gasteiger charge is -2.21. The Labute approximate surface area is 126 Å². The van der Waals surface area contributed by atoms with Crippen molar-refractivity contribution in [3.05, 3.63) is 35.4 Å². The summed E-state index contributed by atoms with van der Waals surface area (Å²) in [6.45, 7) is 6.51. The number of carbonyl (C=O) groups is 1. The van der Waals surface area contributed by atoms with Gasteiger partial charge in [0.15, 0.2) is 0 Å². The average Bonchev–Trinajstić information content (AvgIpc) is 2.72. The van der Waals surface area contributed by atoms with Gasteiger partial charge in [0.05, 0.1) is 6.54 Å². The van der Waals surface area contributed by atoms with E-state index in [2.05, 4.69) is 22.8 Å². The van der Waals surface area contributed by atoms with Crippen molar-refractivity contribution in [3.63, 3.8) is 0 Å². The maximum Gasteiger partial charge on any atom is 0.219 e. The maximum absolute atomic E-state index is 11.5. The third-order valence-corrected chi connectivity index (χ3v) is 3.77. The van der Waals surface area contributed by atoms with Crippen LogP contribution >= 0.6 is 0 Å². The molecule has 0 saturated carbocycles. The van der Waals surface area contributed by atoms with Crippen LogP contribution in [0.1, 0.15) is 24.5 Å². The summed E-state index contributed by atoms with van der Waals surface area (Å²) in [7, 11) is 0. The SMILES string of the molecule is CC(=O)N1CCCN(Cc2ccccc2C#CCN)CC1. The second kappa shape index (κ2) is 7.82. The molecular weight excluding hydrogens is 262 g/mol. The maximum atomic E-state index is 11.5. The Balaban J connectivity index is 2.03. The second-order valence-electron chi connectivity index (χ2n) is 5.30. The number of nitrogens with zero attached hydrogens (tertiary/aromatic N) is 2. The first-order valence-corrected chi connectivity index (χ1v) is 7.45. The van der Waals surface area contributed by atoms with Crippen LogP contribution in [0, 0.1) is 11.8 Å². The molecule has 2 N–H and O–H groups in total. The fourth-order valence-corrected chi connectivity index (χ4v) is 2.61. The Kier molecular flexibility index (Phi) is 5.79. The van der Waals surface area contributed by atoms with Gasteiger partial charge in [0, 0.05) is 45.2 Å². The van der Waals surface area contributed by atoms with Gasteiger partial charge >= 0.3 is 0 Å². The minimum Gasteiger partial charge on any atom is -0.342 e. The average molecular weight is 285 g/mol. The zero-order valence-corrected chi connectivity index (χ0v) is 12.6. The molecule has 112 valence electrons. The number of rotatable bonds is 2. The Bertz CT molecular complexity index is 544. The van der Waals surface area contributed by atoms with Crippen molar-refractivity contribution in [3.8, 4) is 11.8 Å². The van der Waals surface area contributed by atoms with Crippen molar-refractivity contribution in [2.24, 2.45) is 5.73 Å². The quantitative estimate of drug-likeness (QED) is 0.826. The Hall–Kier alpha value is -1.83. The van der Waals surface area contributed by atoms with E-state index < -0.39 is 0 Å². The molecule has 2 rings (SSSR count). The first kappa shape index (κ1) is 15.6. The van der Waals surface area contributed by atoms with E-state index in [0.29, 0.717) is 6.54 Å². The van der Waals surface area contributed by atoms with Crippen molar-refractivity contribution in [1.29, 1.82) is 0 Å². The van der Waals surface area contributed by atoms with E-state index in [0.717, 1.165) is 44.7 Å². The smallest absolute Gasteiger partial charge is 0.219 e. The van der Waals surface area contributed by atoms with Crippen LogP contribution in [0.5, 0.6) is 0 Å². The number of hydrogen-bond acceptors (Lipinski definition) is 3. The molecule has 1 fully saturated rings. The number of carbonyl (C=O) groups excluding carboxylic acids is 1. The summed E-state index contributed by atoms with van der Waals surface area (Å²) in [4.78, 5) is 15.8. The van der Waals surface area contributed by atoms with Gasteiger partial charge in [-0.2, -0.15) is 0 Å². The molecule has 1 heterocycles. The summed E-state index contributed by atoms with van der Waals surface area (Å²) in [6.07, 6.45) is 1.02. The van der Waals surface area contributed by atoms with Crippen LogP contribution < -0.4 is 5.73 Å². The summed E-state index contributed by atoms with van der Waals surface area (Å²) in [5.41, 5.74) is 7.74. The molecule has 1 aliphatic rings. The largest absolute Gasteiger partial charge is 0.342 e. The van der Waals surface area contributed by atoms with Crippen LogP contribution in [0.2, 0.25) is 0 Å². The zero-order chi connectivity index (χ0) is 15.1. The predicted octanol–water partition coefficient (Wildman–Crippen LogP) is 1.05. The van der Waals surface area contributed by atoms with Gasteiger partial charge in [0.2, 0.25) is 5.91 Å². The van der Waals surface area contributed by atoms with Gasteiger partial charge in [-0.25, -0.2) is 0 Å². The van der Waals surface area contributed by atoms with Crippen molar-refractivity contribution in [2.75, 3.05) is 32.7 Å². The van der Waals surface area contributed by atoms with Gasteiger partial charge in [0.25, 0.3) is 0 Å². The van der Waals surface area contributed by atoms with E-state index in [1.54, 1.807) is 6.92 Å². The second-order valence-corrected chi connectivity index (χ2v) is 5.30. The molecule has 1 aliphatic heterocycles. The molecule has 0 aliphatic carbocycles. The van der Waals surface area contributed by atoms with Gasteiger partial charge in [-0.1, -0.05) is 30.0 Å². The van der Waals surface area contributed by atoms with Crippen molar-refractivity contribution in [2.45, 2.75) is 19.9 Å². The van der Waals surface area contributed by atoms with E-state index in [4.69, 9.17) is 5.73 Å². The molecular formula is C17H23N3O. The normalized spacial score (nSPS) is 16.0. The van der Waals surface area contributed by atoms with Crippen LogP contribution in [0.3, 0.4) is 0 Å². The molecule has 1 amide bonds. The topological polar surface area (TPSA) is 49.6 Å². The first-order chi connectivity index (χ1) is 10.2. The summed E-state index contributed by atoms with van der Waals surface area (Å²) < 4.78 is 0. The van der Waals surface area contributed by atoms with Crippen molar-refractivity contribution >= 4 is 5.91 Å². The fraction of sp³-hybridized carbons (Fsp3) is 0.471. The van der Waals surface area contributed by atoms with Crippen LogP contribution in [0.15, 0.2) is 24.3 Å². The summed E-state index contributed by atoms with van der Waals surface area (Å²) >= 11 is 0. The lowest BCUT2D eigenvalue weighted by molar-refractivity contribution is -0.128. The van der Waals surface area contributed by atoms with Crippen molar-refractivity contribution < 1.29 is 4.79 Å². The van der Waals surface area contributed by atoms with Gasteiger partial charge in [0.1, 0.15) is 0 Å². The van der Waals surface area contributed by atoms with Crippen LogP contribution in [-0.2, 0) is 11.3 Å². The minimum absolute atomic E-state index is 0.172. The predicted molar refractivity (Wildman–Crippen MR) is 84.5 cm³/mol. The molecule has 0 unspecified atom stereocenters. The van der Waals surface area contributed by atoms with Crippen LogP contribution in [0.25, 0.3) is 0 Å². The number of hydrogen-bond donors (Lipinski definition) is 1. The highest BCUT2D eigenvalue weighted by molar-refractivity contribution is 5.73. The molecule has 4 heteroatoms. The van der Waals surface area contributed by atoms with E-state index in [-0.39, 0.29) is 5.91 Å². The molecule has 4 nitrogen and oxygen atoms in total. The molecule has 0 bridgehead atoms. The van der Waals surface area contributed by atoms with Crippen LogP contribution in [-0.4, -0.2) is 48.4 Å². The molecule has 1 aromatic carbocycles. The molecule has 0 atom stereocenters. The molecule has 21 heavy (non-hydrogen) atoms. The van der Waals surface area contributed by atoms with Gasteiger partial charge in [-0.3, -0.25) is 9.69 Å². The number of benzene rings is 1. The summed E-state index contributed by atoms with van der Waals surface area (Å²) in [5.74, 6) is 6.23. The van der Waals surface area contributed by atoms with E-state index in [1.165, 1.54) is 5.56 Å². The lowest BCUT2D eigenvalue weighted by atomic mass is 10.1. The Morgan fingerprint density at radius 3 is 2.81 bits per heavy atom. The number of nitrogens with two attached hydrogens (primary N) is 1. The molecule has 0 spiro atoms. The lowest BCUT2D eigenvalue weighted by Crippen LogP contribution is -2.33. The standard InChI is InChI=1S/C17H23N3O/c1-15(21)20-11-5-10-19(12-13-20)14-17-7-3-2-6-16(17)8-4-9-18/h2-3,6-7H,5,9-14,18H2,1H3. The first-order valence-electron chi connectivity index (χ1n) is 7.45. The summed E-state index contributed by atoms with van der Waals surface area (Å²) in [5, 5.41) is 0. The number of amides is 1. The highest BCUT2D eigenvalue weighted by Crippen LogP contribution is 2.13. The Morgan fingerprint density at radius 2 is 2.05 bits per heavy atom. The Morgan fingerprint density at radius 1 is 1.24 bits per heavy atom. The third-order valence-electron chi connectivity index (χ3n) is 3.77. The van der Waals surface area contributed by atoms with Gasteiger partial charge in [-0.15, -0.1) is 0 Å². The monoisotopic (exact) mass is 285 g/mol. The zero-order valence-electron chi connectivity index (χ0n) is 12.6. The highest BCUT2D eigenvalue weighted by atomic mass is 16.2. The van der Waals surface area contributed by atoms with Gasteiger partial charge < -0.3 is 10.6 Å². The van der Waals surface area contributed by atoms with Crippen LogP contribution in [0.4, 0.5) is 0 Å². The van der Waals surface area contributed by atoms with E-state index >= 15 is 0 Å². The fourth-order valence-electron chi connectivity index (χ4n) is 2.61. The molecule has 1 saturated heterocycles. The molecule has 0 aromatic heterocycles. The van der Waals surface area contributed by atoms with Gasteiger partial charge in [-0.05, 0) is 18.1 Å². The highest BCUT2D eigenvalue weighted by Gasteiger charge is 2.17.